The Morgan fingerprint density at radius 1 is 1.17 bits per heavy atom. The van der Waals surface area contributed by atoms with Gasteiger partial charge in [-0.1, -0.05) is 30.3 Å². The summed E-state index contributed by atoms with van der Waals surface area (Å²) >= 11 is 0. The predicted octanol–water partition coefficient (Wildman–Crippen LogP) is 3.99. The molecule has 0 spiro atoms. The number of hydrogen-bond acceptors (Lipinski definition) is 3. The van der Waals surface area contributed by atoms with Gasteiger partial charge >= 0.3 is 0 Å². The molecule has 1 atom stereocenters. The van der Waals surface area contributed by atoms with Crippen molar-refractivity contribution < 1.29 is 9.53 Å². The van der Waals surface area contributed by atoms with Crippen molar-refractivity contribution in [2.24, 2.45) is 0 Å². The summed E-state index contributed by atoms with van der Waals surface area (Å²) in [7, 11) is 1.69. The fraction of sp³-hybridized carbons (Fsp3) is 0.350. The van der Waals surface area contributed by atoms with E-state index in [1.165, 1.54) is 5.56 Å². The van der Waals surface area contributed by atoms with Crippen LogP contribution >= 0.6 is 0 Å². The third kappa shape index (κ3) is 3.70. The van der Waals surface area contributed by atoms with Crippen molar-refractivity contribution in [3.8, 4) is 5.75 Å². The summed E-state index contributed by atoms with van der Waals surface area (Å²) in [6, 6.07) is 16.5. The Labute approximate surface area is 143 Å². The first-order chi connectivity index (χ1) is 11.7. The summed E-state index contributed by atoms with van der Waals surface area (Å²) in [6.07, 6.45) is 1.67. The third-order valence-corrected chi connectivity index (χ3v) is 4.49. The number of likely N-dealkylation sites (tertiary alicyclic amines) is 1. The summed E-state index contributed by atoms with van der Waals surface area (Å²) < 4.78 is 5.43. The fourth-order valence-corrected chi connectivity index (χ4v) is 3.15. The largest absolute Gasteiger partial charge is 0.496 e. The van der Waals surface area contributed by atoms with Gasteiger partial charge in [-0.05, 0) is 37.1 Å². The van der Waals surface area contributed by atoms with Gasteiger partial charge in [0, 0.05) is 30.8 Å². The quantitative estimate of drug-likeness (QED) is 0.873. The number of rotatable bonds is 6. The van der Waals surface area contributed by atoms with Gasteiger partial charge in [0.05, 0.1) is 13.2 Å². The number of benzene rings is 2. The standard InChI is InChI=1S/C20H24N2O2/c1-15(18-6-3-4-7-19(18)24-2)21-17-11-9-16(10-12-17)14-22-13-5-8-20(22)23/h3-4,6-7,9-12,15,21H,5,8,13-14H2,1-2H3/t15-/m0/s1. The van der Waals surface area contributed by atoms with E-state index in [-0.39, 0.29) is 11.9 Å². The highest BCUT2D eigenvalue weighted by atomic mass is 16.5. The molecule has 1 aliphatic heterocycles. The van der Waals surface area contributed by atoms with Gasteiger partial charge in [0.25, 0.3) is 0 Å². The van der Waals surface area contributed by atoms with E-state index in [4.69, 9.17) is 4.74 Å². The molecule has 2 aromatic rings. The monoisotopic (exact) mass is 324 g/mol. The van der Waals surface area contributed by atoms with Crippen molar-refractivity contribution in [2.45, 2.75) is 32.4 Å². The molecule has 4 heteroatoms. The Morgan fingerprint density at radius 3 is 2.58 bits per heavy atom. The average molecular weight is 324 g/mol. The number of hydrogen-bond donors (Lipinski definition) is 1. The van der Waals surface area contributed by atoms with E-state index in [2.05, 4.69) is 42.6 Å². The van der Waals surface area contributed by atoms with Crippen LogP contribution < -0.4 is 10.1 Å². The summed E-state index contributed by atoms with van der Waals surface area (Å²) in [5.41, 5.74) is 3.36. The second-order valence-corrected chi connectivity index (χ2v) is 6.22. The Bertz CT molecular complexity index is 697. The maximum Gasteiger partial charge on any atom is 0.222 e. The van der Waals surface area contributed by atoms with Crippen LogP contribution in [0.2, 0.25) is 0 Å². The number of methoxy groups -OCH3 is 1. The van der Waals surface area contributed by atoms with Crippen LogP contribution in [0.5, 0.6) is 5.75 Å². The number of para-hydroxylation sites is 1. The molecule has 4 nitrogen and oxygen atoms in total. The Morgan fingerprint density at radius 2 is 1.92 bits per heavy atom. The lowest BCUT2D eigenvalue weighted by atomic mass is 10.1. The molecule has 0 unspecified atom stereocenters. The molecule has 1 fully saturated rings. The Kier molecular flexibility index (Phi) is 5.04. The van der Waals surface area contributed by atoms with Gasteiger partial charge in [-0.2, -0.15) is 0 Å². The Hall–Kier alpha value is -2.49. The molecule has 0 aromatic heterocycles. The van der Waals surface area contributed by atoms with Crippen LogP contribution in [0, 0.1) is 0 Å². The molecule has 1 heterocycles. The lowest BCUT2D eigenvalue weighted by Crippen LogP contribution is -2.23. The summed E-state index contributed by atoms with van der Waals surface area (Å²) in [6.45, 7) is 3.71. The minimum Gasteiger partial charge on any atom is -0.496 e. The zero-order valence-corrected chi connectivity index (χ0v) is 14.3. The summed E-state index contributed by atoms with van der Waals surface area (Å²) in [4.78, 5) is 13.6. The van der Waals surface area contributed by atoms with Crippen LogP contribution in [0.15, 0.2) is 48.5 Å². The van der Waals surface area contributed by atoms with Gasteiger partial charge in [0.15, 0.2) is 0 Å². The molecule has 1 N–H and O–H groups in total. The van der Waals surface area contributed by atoms with Gasteiger partial charge in [-0.25, -0.2) is 0 Å². The molecule has 0 saturated carbocycles. The molecule has 126 valence electrons. The first-order valence-corrected chi connectivity index (χ1v) is 8.43. The first-order valence-electron chi connectivity index (χ1n) is 8.43. The lowest BCUT2D eigenvalue weighted by Gasteiger charge is -2.19. The van der Waals surface area contributed by atoms with Crippen molar-refractivity contribution in [3.63, 3.8) is 0 Å². The van der Waals surface area contributed by atoms with Gasteiger partial charge in [-0.3, -0.25) is 4.79 Å². The third-order valence-electron chi connectivity index (χ3n) is 4.49. The number of ether oxygens (including phenoxy) is 1. The fourth-order valence-electron chi connectivity index (χ4n) is 3.15. The van der Waals surface area contributed by atoms with Crippen molar-refractivity contribution in [2.75, 3.05) is 19.0 Å². The van der Waals surface area contributed by atoms with E-state index < -0.39 is 0 Å². The molecule has 0 radical (unpaired) electrons. The normalized spacial score (nSPS) is 15.4. The number of anilines is 1. The summed E-state index contributed by atoms with van der Waals surface area (Å²) in [5.74, 6) is 1.16. The van der Waals surface area contributed by atoms with Gasteiger partial charge in [0.1, 0.15) is 5.75 Å². The van der Waals surface area contributed by atoms with E-state index in [0.717, 1.165) is 30.0 Å². The molecular formula is C20H24N2O2. The summed E-state index contributed by atoms with van der Waals surface area (Å²) in [5, 5.41) is 3.50. The minimum atomic E-state index is 0.146. The predicted molar refractivity (Wildman–Crippen MR) is 96.1 cm³/mol. The van der Waals surface area contributed by atoms with Crippen molar-refractivity contribution in [1.82, 2.24) is 4.90 Å². The van der Waals surface area contributed by atoms with Gasteiger partial charge in [-0.15, -0.1) is 0 Å². The minimum absolute atomic E-state index is 0.146. The Balaban J connectivity index is 1.64. The van der Waals surface area contributed by atoms with E-state index in [0.29, 0.717) is 13.0 Å². The van der Waals surface area contributed by atoms with Crippen molar-refractivity contribution in [1.29, 1.82) is 0 Å². The molecular weight excluding hydrogens is 300 g/mol. The van der Waals surface area contributed by atoms with Crippen LogP contribution in [-0.4, -0.2) is 24.5 Å². The molecule has 2 aromatic carbocycles. The van der Waals surface area contributed by atoms with Crippen LogP contribution in [0.4, 0.5) is 5.69 Å². The zero-order chi connectivity index (χ0) is 16.9. The lowest BCUT2D eigenvalue weighted by molar-refractivity contribution is -0.128. The number of nitrogens with zero attached hydrogens (tertiary/aromatic N) is 1. The molecule has 3 rings (SSSR count). The van der Waals surface area contributed by atoms with Crippen LogP contribution in [0.25, 0.3) is 0 Å². The molecule has 1 aliphatic rings. The second kappa shape index (κ2) is 7.39. The number of amides is 1. The van der Waals surface area contributed by atoms with Crippen molar-refractivity contribution in [3.05, 3.63) is 59.7 Å². The van der Waals surface area contributed by atoms with E-state index in [1.54, 1.807) is 7.11 Å². The van der Waals surface area contributed by atoms with E-state index in [1.807, 2.05) is 23.1 Å². The smallest absolute Gasteiger partial charge is 0.222 e. The molecule has 0 aliphatic carbocycles. The highest BCUT2D eigenvalue weighted by Crippen LogP contribution is 2.27. The highest BCUT2D eigenvalue weighted by Gasteiger charge is 2.19. The highest BCUT2D eigenvalue weighted by molar-refractivity contribution is 5.78. The number of nitrogens with one attached hydrogen (secondary N) is 1. The number of carbonyl (C=O) groups excluding carboxylic acids is 1. The van der Waals surface area contributed by atoms with E-state index in [9.17, 15) is 4.79 Å². The molecule has 1 amide bonds. The first kappa shape index (κ1) is 16.4. The zero-order valence-electron chi connectivity index (χ0n) is 14.3. The average Bonchev–Trinajstić information content (AvgIpc) is 3.01. The second-order valence-electron chi connectivity index (χ2n) is 6.22. The van der Waals surface area contributed by atoms with Crippen LogP contribution in [-0.2, 0) is 11.3 Å². The topological polar surface area (TPSA) is 41.6 Å². The molecule has 0 bridgehead atoms. The van der Waals surface area contributed by atoms with Crippen LogP contribution in [0.1, 0.15) is 36.9 Å². The molecule has 24 heavy (non-hydrogen) atoms. The SMILES string of the molecule is COc1ccccc1[C@H](C)Nc1ccc(CN2CCCC2=O)cc1. The van der Waals surface area contributed by atoms with Crippen molar-refractivity contribution >= 4 is 11.6 Å². The van der Waals surface area contributed by atoms with Gasteiger partial charge in [0.2, 0.25) is 5.91 Å². The maximum atomic E-state index is 11.7. The number of carbonyl (C=O) groups is 1. The molecule has 1 saturated heterocycles. The van der Waals surface area contributed by atoms with Crippen LogP contribution in [0.3, 0.4) is 0 Å². The maximum absolute atomic E-state index is 11.7. The van der Waals surface area contributed by atoms with Gasteiger partial charge < -0.3 is 15.0 Å². The van der Waals surface area contributed by atoms with E-state index >= 15 is 0 Å².